The van der Waals surface area contributed by atoms with E-state index in [0.29, 0.717) is 18.4 Å². The zero-order valence-corrected chi connectivity index (χ0v) is 17.1. The van der Waals surface area contributed by atoms with Crippen LogP contribution in [0.2, 0.25) is 18.1 Å². The van der Waals surface area contributed by atoms with Crippen LogP contribution in [0, 0.1) is 6.92 Å². The minimum Gasteiger partial charge on any atom is -0.411 e. The molecule has 2 heterocycles. The first kappa shape index (κ1) is 19.9. The second-order valence-electron chi connectivity index (χ2n) is 8.28. The molecule has 25 heavy (non-hydrogen) atoms. The molecule has 1 fully saturated rings. The minimum absolute atomic E-state index is 0.0925. The number of aryl methyl sites for hydroxylation is 1. The third-order valence-electron chi connectivity index (χ3n) is 5.29. The highest BCUT2D eigenvalue weighted by molar-refractivity contribution is 6.74. The molecule has 0 spiro atoms. The Balaban J connectivity index is 2.29. The average molecular weight is 367 g/mol. The summed E-state index contributed by atoms with van der Waals surface area (Å²) in [6.07, 6.45) is 3.94. The van der Waals surface area contributed by atoms with Crippen molar-refractivity contribution in [1.82, 2.24) is 9.55 Å². The lowest BCUT2D eigenvalue weighted by molar-refractivity contribution is -0.0164. The molecule has 0 aromatic carbocycles. The van der Waals surface area contributed by atoms with Crippen LogP contribution in [-0.2, 0) is 9.16 Å². The van der Waals surface area contributed by atoms with Crippen molar-refractivity contribution >= 4 is 8.32 Å². The van der Waals surface area contributed by atoms with E-state index in [1.165, 1.54) is 4.57 Å². The maximum Gasteiger partial charge on any atom is 0.330 e. The van der Waals surface area contributed by atoms with Crippen molar-refractivity contribution in [2.45, 2.75) is 77.1 Å². The van der Waals surface area contributed by atoms with Gasteiger partial charge in [-0.1, -0.05) is 26.8 Å². The first-order valence-corrected chi connectivity index (χ1v) is 11.6. The maximum atomic E-state index is 12.2. The summed E-state index contributed by atoms with van der Waals surface area (Å²) in [5.74, 6) is 0. The summed E-state index contributed by atoms with van der Waals surface area (Å²) in [6, 6.07) is 0. The smallest absolute Gasteiger partial charge is 0.330 e. The number of ether oxygens (including phenoxy) is 1. The van der Waals surface area contributed by atoms with Crippen molar-refractivity contribution in [3.05, 3.63) is 45.3 Å². The summed E-state index contributed by atoms with van der Waals surface area (Å²) in [6.45, 7) is 16.5. The standard InChI is InChI=1S/C18H30N2O4Si/c1-8-9-13-14(24-25(6,7)18(3,4)5)10-15(23-13)20-11-12(2)16(21)19-17(20)22/h8,11,13-15H,1,9-10H2,2-7H3,(H,19,21,22)/t13-,14?,15-/m1/s1. The molecule has 0 amide bonds. The molecule has 1 saturated heterocycles. The Morgan fingerprint density at radius 1 is 1.44 bits per heavy atom. The summed E-state index contributed by atoms with van der Waals surface area (Å²) in [7, 11) is -1.96. The Bertz CT molecular complexity index is 745. The molecule has 0 saturated carbocycles. The van der Waals surface area contributed by atoms with E-state index >= 15 is 0 Å². The lowest BCUT2D eigenvalue weighted by Crippen LogP contribution is -2.45. The van der Waals surface area contributed by atoms with Crippen LogP contribution in [0.15, 0.2) is 28.4 Å². The molecule has 140 valence electrons. The van der Waals surface area contributed by atoms with Gasteiger partial charge in [0.2, 0.25) is 0 Å². The van der Waals surface area contributed by atoms with E-state index in [-0.39, 0.29) is 22.8 Å². The van der Waals surface area contributed by atoms with Crippen molar-refractivity contribution < 1.29 is 9.16 Å². The zero-order chi connectivity index (χ0) is 19.0. The van der Waals surface area contributed by atoms with Crippen LogP contribution in [0.5, 0.6) is 0 Å². The Morgan fingerprint density at radius 3 is 2.64 bits per heavy atom. The SMILES string of the molecule is C=CC[C@H]1O[C@@H](n2cc(C)c(=O)[nH]c2=O)CC1O[Si](C)(C)C(C)(C)C. The van der Waals surface area contributed by atoms with Crippen LogP contribution in [0.1, 0.15) is 45.4 Å². The quantitative estimate of drug-likeness (QED) is 0.642. The fourth-order valence-electron chi connectivity index (χ4n) is 2.73. The van der Waals surface area contributed by atoms with Crippen molar-refractivity contribution in [3.63, 3.8) is 0 Å². The number of nitrogens with zero attached hydrogens (tertiary/aromatic N) is 1. The van der Waals surface area contributed by atoms with Crippen LogP contribution in [-0.4, -0.2) is 30.1 Å². The molecule has 7 heteroatoms. The number of hydrogen-bond acceptors (Lipinski definition) is 4. The van der Waals surface area contributed by atoms with Gasteiger partial charge < -0.3 is 9.16 Å². The van der Waals surface area contributed by atoms with Gasteiger partial charge in [-0.3, -0.25) is 14.3 Å². The molecule has 1 aromatic heterocycles. The second-order valence-corrected chi connectivity index (χ2v) is 13.0. The molecule has 0 radical (unpaired) electrons. The molecule has 1 aromatic rings. The third kappa shape index (κ3) is 4.21. The van der Waals surface area contributed by atoms with Crippen LogP contribution < -0.4 is 11.2 Å². The first-order valence-electron chi connectivity index (χ1n) is 8.72. The highest BCUT2D eigenvalue weighted by Crippen LogP contribution is 2.41. The summed E-state index contributed by atoms with van der Waals surface area (Å²) in [5, 5.41) is 0.0925. The predicted octanol–water partition coefficient (Wildman–Crippen LogP) is 3.10. The molecule has 1 aliphatic heterocycles. The van der Waals surface area contributed by atoms with Gasteiger partial charge in [0, 0.05) is 18.2 Å². The van der Waals surface area contributed by atoms with Crippen molar-refractivity contribution in [2.75, 3.05) is 0 Å². The third-order valence-corrected chi connectivity index (χ3v) is 9.79. The van der Waals surface area contributed by atoms with Gasteiger partial charge in [-0.15, -0.1) is 6.58 Å². The number of aromatic nitrogens is 2. The Kier molecular flexibility index (Phi) is 5.61. The van der Waals surface area contributed by atoms with Gasteiger partial charge in [-0.2, -0.15) is 0 Å². The molecule has 3 atom stereocenters. The van der Waals surface area contributed by atoms with Gasteiger partial charge in [-0.25, -0.2) is 4.79 Å². The fraction of sp³-hybridized carbons (Fsp3) is 0.667. The molecular formula is C18H30N2O4Si. The summed E-state index contributed by atoms with van der Waals surface area (Å²) in [4.78, 5) is 26.1. The number of rotatable bonds is 5. The Morgan fingerprint density at radius 2 is 2.08 bits per heavy atom. The first-order chi connectivity index (χ1) is 11.5. The zero-order valence-electron chi connectivity index (χ0n) is 16.1. The lowest BCUT2D eigenvalue weighted by atomic mass is 10.1. The van der Waals surface area contributed by atoms with Crippen LogP contribution in [0.25, 0.3) is 0 Å². The predicted molar refractivity (Wildman–Crippen MR) is 101 cm³/mol. The van der Waals surface area contributed by atoms with Gasteiger partial charge in [0.05, 0.1) is 12.2 Å². The lowest BCUT2D eigenvalue weighted by Gasteiger charge is -2.39. The van der Waals surface area contributed by atoms with E-state index in [0.717, 1.165) is 0 Å². The van der Waals surface area contributed by atoms with E-state index in [1.807, 2.05) is 6.08 Å². The van der Waals surface area contributed by atoms with Crippen molar-refractivity contribution in [3.8, 4) is 0 Å². The number of H-pyrrole nitrogens is 1. The molecular weight excluding hydrogens is 336 g/mol. The number of hydrogen-bond donors (Lipinski definition) is 1. The molecule has 1 N–H and O–H groups in total. The van der Waals surface area contributed by atoms with Gasteiger partial charge in [-0.05, 0) is 31.5 Å². The summed E-state index contributed by atoms with van der Waals surface area (Å²) >= 11 is 0. The van der Waals surface area contributed by atoms with Gasteiger partial charge in [0.15, 0.2) is 8.32 Å². The van der Waals surface area contributed by atoms with Crippen LogP contribution in [0.4, 0.5) is 0 Å². The molecule has 6 nitrogen and oxygen atoms in total. The van der Waals surface area contributed by atoms with Gasteiger partial charge >= 0.3 is 5.69 Å². The second kappa shape index (κ2) is 7.05. The molecule has 0 aliphatic carbocycles. The van der Waals surface area contributed by atoms with E-state index in [1.54, 1.807) is 13.1 Å². The largest absolute Gasteiger partial charge is 0.411 e. The molecule has 0 bridgehead atoms. The van der Waals surface area contributed by atoms with Crippen molar-refractivity contribution in [2.24, 2.45) is 0 Å². The monoisotopic (exact) mass is 366 g/mol. The molecule has 1 unspecified atom stereocenters. The van der Waals surface area contributed by atoms with Crippen LogP contribution >= 0.6 is 0 Å². The van der Waals surface area contributed by atoms with Crippen molar-refractivity contribution in [1.29, 1.82) is 0 Å². The highest BCUT2D eigenvalue weighted by Gasteiger charge is 2.44. The normalized spacial score (nSPS) is 24.5. The summed E-state index contributed by atoms with van der Waals surface area (Å²) in [5.41, 5.74) is -0.334. The highest BCUT2D eigenvalue weighted by atomic mass is 28.4. The van der Waals surface area contributed by atoms with Gasteiger partial charge in [0.25, 0.3) is 5.56 Å². The van der Waals surface area contributed by atoms with Gasteiger partial charge in [0.1, 0.15) is 6.23 Å². The van der Waals surface area contributed by atoms with E-state index in [2.05, 4.69) is 45.4 Å². The van der Waals surface area contributed by atoms with E-state index < -0.39 is 20.2 Å². The fourth-order valence-corrected chi connectivity index (χ4v) is 4.08. The number of aromatic amines is 1. The molecule has 2 rings (SSSR count). The Labute approximate surface area is 150 Å². The topological polar surface area (TPSA) is 73.3 Å². The molecule has 1 aliphatic rings. The minimum atomic E-state index is -1.96. The maximum absolute atomic E-state index is 12.2. The Hall–Kier alpha value is -1.44. The van der Waals surface area contributed by atoms with E-state index in [4.69, 9.17) is 9.16 Å². The number of nitrogens with one attached hydrogen (secondary N) is 1. The van der Waals surface area contributed by atoms with Crippen LogP contribution in [0.3, 0.4) is 0 Å². The average Bonchev–Trinajstić information content (AvgIpc) is 2.84. The summed E-state index contributed by atoms with van der Waals surface area (Å²) < 4.78 is 14.1. The van der Waals surface area contributed by atoms with E-state index in [9.17, 15) is 9.59 Å².